The number of aryl methyl sites for hydroxylation is 2. The van der Waals surface area contributed by atoms with Gasteiger partial charge in [-0.3, -0.25) is 0 Å². The zero-order chi connectivity index (χ0) is 13.1. The average Bonchev–Trinajstić information content (AvgIpc) is 3.13. The van der Waals surface area contributed by atoms with Gasteiger partial charge in [-0.25, -0.2) is 0 Å². The molecule has 100 valence electrons. The van der Waals surface area contributed by atoms with Gasteiger partial charge in [-0.1, -0.05) is 35.6 Å². The second-order valence-corrected chi connectivity index (χ2v) is 6.21. The van der Waals surface area contributed by atoms with Gasteiger partial charge in [-0.15, -0.1) is 10.2 Å². The molecule has 4 heteroatoms. The lowest BCUT2D eigenvalue weighted by Gasteiger charge is -2.00. The van der Waals surface area contributed by atoms with Gasteiger partial charge in [0.2, 0.25) is 0 Å². The van der Waals surface area contributed by atoms with Crippen LogP contribution in [0, 0.1) is 6.92 Å². The lowest BCUT2D eigenvalue weighted by Crippen LogP contribution is -2.17. The summed E-state index contributed by atoms with van der Waals surface area (Å²) in [4.78, 5) is 0. The molecule has 1 N–H and O–H groups in total. The molecule has 1 aliphatic carbocycles. The molecule has 3 rings (SSSR count). The summed E-state index contributed by atoms with van der Waals surface area (Å²) in [6.07, 6.45) is 4.90. The number of benzene rings is 1. The summed E-state index contributed by atoms with van der Waals surface area (Å²) in [6.45, 7) is 3.22. The van der Waals surface area contributed by atoms with E-state index in [1.54, 1.807) is 11.3 Å². The first-order chi connectivity index (χ1) is 9.33. The predicted molar refractivity (Wildman–Crippen MR) is 79.4 cm³/mol. The van der Waals surface area contributed by atoms with Crippen LogP contribution in [0.25, 0.3) is 10.6 Å². The molecular weight excluding hydrogens is 254 g/mol. The summed E-state index contributed by atoms with van der Waals surface area (Å²) in [7, 11) is 0. The standard InChI is InChI=1S/C15H19N3S/c1-11-5-2-3-6-13(11)15-18-17-14(19-15)7-4-10-16-12-8-9-12/h2-3,5-6,12,16H,4,7-10H2,1H3. The van der Waals surface area contributed by atoms with Crippen LogP contribution in [-0.4, -0.2) is 22.8 Å². The second-order valence-electron chi connectivity index (χ2n) is 5.15. The van der Waals surface area contributed by atoms with Crippen LogP contribution in [0.1, 0.15) is 29.8 Å². The number of rotatable bonds is 6. The van der Waals surface area contributed by atoms with Gasteiger partial charge in [0.15, 0.2) is 0 Å². The van der Waals surface area contributed by atoms with Gasteiger partial charge in [0.05, 0.1) is 0 Å². The van der Waals surface area contributed by atoms with Crippen molar-refractivity contribution in [2.75, 3.05) is 6.54 Å². The number of hydrogen-bond acceptors (Lipinski definition) is 4. The minimum absolute atomic E-state index is 0.803. The van der Waals surface area contributed by atoms with Crippen molar-refractivity contribution >= 4 is 11.3 Å². The first-order valence-corrected chi connectivity index (χ1v) is 7.76. The third-order valence-electron chi connectivity index (χ3n) is 3.42. The van der Waals surface area contributed by atoms with E-state index >= 15 is 0 Å². The van der Waals surface area contributed by atoms with E-state index in [1.165, 1.54) is 24.0 Å². The van der Waals surface area contributed by atoms with E-state index in [4.69, 9.17) is 0 Å². The summed E-state index contributed by atoms with van der Waals surface area (Å²) in [6, 6.07) is 9.16. The molecule has 0 radical (unpaired) electrons. The third-order valence-corrected chi connectivity index (χ3v) is 4.44. The van der Waals surface area contributed by atoms with E-state index in [0.717, 1.165) is 35.4 Å². The van der Waals surface area contributed by atoms with E-state index in [0.29, 0.717) is 0 Å². The van der Waals surface area contributed by atoms with E-state index < -0.39 is 0 Å². The van der Waals surface area contributed by atoms with Gasteiger partial charge in [0, 0.05) is 18.0 Å². The molecule has 0 atom stereocenters. The van der Waals surface area contributed by atoms with E-state index in [9.17, 15) is 0 Å². The molecule has 0 unspecified atom stereocenters. The van der Waals surface area contributed by atoms with Gasteiger partial charge in [0.25, 0.3) is 0 Å². The van der Waals surface area contributed by atoms with Crippen LogP contribution in [0.5, 0.6) is 0 Å². The molecule has 1 aromatic heterocycles. The zero-order valence-corrected chi connectivity index (χ0v) is 12.0. The van der Waals surface area contributed by atoms with E-state index in [-0.39, 0.29) is 0 Å². The van der Waals surface area contributed by atoms with Crippen molar-refractivity contribution in [3.05, 3.63) is 34.8 Å². The maximum absolute atomic E-state index is 4.32. The minimum Gasteiger partial charge on any atom is -0.314 e. The van der Waals surface area contributed by atoms with Crippen molar-refractivity contribution in [2.24, 2.45) is 0 Å². The molecule has 0 aliphatic heterocycles. The summed E-state index contributed by atoms with van der Waals surface area (Å²) in [5.41, 5.74) is 2.47. The van der Waals surface area contributed by atoms with Gasteiger partial charge >= 0.3 is 0 Å². The Morgan fingerprint density at radius 1 is 1.26 bits per heavy atom. The van der Waals surface area contributed by atoms with Crippen molar-refractivity contribution in [3.8, 4) is 10.6 Å². The molecule has 1 aliphatic rings. The van der Waals surface area contributed by atoms with Crippen molar-refractivity contribution in [3.63, 3.8) is 0 Å². The predicted octanol–water partition coefficient (Wildman–Crippen LogP) is 3.20. The molecule has 0 amide bonds. The highest BCUT2D eigenvalue weighted by molar-refractivity contribution is 7.14. The molecule has 1 saturated carbocycles. The average molecular weight is 273 g/mol. The summed E-state index contributed by atoms with van der Waals surface area (Å²) in [5.74, 6) is 0. The number of aromatic nitrogens is 2. The lowest BCUT2D eigenvalue weighted by atomic mass is 10.1. The molecule has 2 aromatic rings. The molecule has 1 aromatic carbocycles. The maximum Gasteiger partial charge on any atom is 0.148 e. The molecule has 0 bridgehead atoms. The zero-order valence-electron chi connectivity index (χ0n) is 11.2. The molecular formula is C15H19N3S. The van der Waals surface area contributed by atoms with Crippen molar-refractivity contribution in [1.29, 1.82) is 0 Å². The van der Waals surface area contributed by atoms with Crippen LogP contribution in [0.3, 0.4) is 0 Å². The first kappa shape index (κ1) is 12.8. The van der Waals surface area contributed by atoms with Crippen molar-refractivity contribution in [1.82, 2.24) is 15.5 Å². The van der Waals surface area contributed by atoms with Crippen LogP contribution in [0.2, 0.25) is 0 Å². The van der Waals surface area contributed by atoms with Crippen LogP contribution in [0.15, 0.2) is 24.3 Å². The SMILES string of the molecule is Cc1ccccc1-c1nnc(CCCNC2CC2)s1. The monoisotopic (exact) mass is 273 g/mol. The lowest BCUT2D eigenvalue weighted by molar-refractivity contribution is 0.643. The highest BCUT2D eigenvalue weighted by Crippen LogP contribution is 2.26. The molecule has 0 saturated heterocycles. The van der Waals surface area contributed by atoms with Gasteiger partial charge in [-0.2, -0.15) is 0 Å². The highest BCUT2D eigenvalue weighted by Gasteiger charge is 2.19. The summed E-state index contributed by atoms with van der Waals surface area (Å²) < 4.78 is 0. The number of nitrogens with one attached hydrogen (secondary N) is 1. The Labute approximate surface area is 118 Å². The first-order valence-electron chi connectivity index (χ1n) is 6.95. The Balaban J connectivity index is 1.57. The van der Waals surface area contributed by atoms with E-state index in [1.807, 2.05) is 0 Å². The Hall–Kier alpha value is -1.26. The van der Waals surface area contributed by atoms with Crippen molar-refractivity contribution < 1.29 is 0 Å². The van der Waals surface area contributed by atoms with Crippen LogP contribution < -0.4 is 5.32 Å². The highest BCUT2D eigenvalue weighted by atomic mass is 32.1. The Morgan fingerprint density at radius 2 is 2.11 bits per heavy atom. The fourth-order valence-electron chi connectivity index (χ4n) is 2.11. The molecule has 1 fully saturated rings. The third kappa shape index (κ3) is 3.39. The Morgan fingerprint density at radius 3 is 2.89 bits per heavy atom. The fourth-order valence-corrected chi connectivity index (χ4v) is 3.08. The molecule has 3 nitrogen and oxygen atoms in total. The summed E-state index contributed by atoms with van der Waals surface area (Å²) in [5, 5.41) is 14.4. The van der Waals surface area contributed by atoms with Gasteiger partial charge in [0.1, 0.15) is 10.0 Å². The minimum atomic E-state index is 0.803. The quantitative estimate of drug-likeness (QED) is 0.821. The second kappa shape index (κ2) is 5.80. The summed E-state index contributed by atoms with van der Waals surface area (Å²) >= 11 is 1.72. The Bertz CT molecular complexity index is 546. The number of nitrogens with zero attached hydrogens (tertiary/aromatic N) is 2. The molecule has 1 heterocycles. The number of hydrogen-bond donors (Lipinski definition) is 1. The van der Waals surface area contributed by atoms with Crippen LogP contribution in [0.4, 0.5) is 0 Å². The topological polar surface area (TPSA) is 37.8 Å². The van der Waals surface area contributed by atoms with Crippen LogP contribution >= 0.6 is 11.3 Å². The molecule has 19 heavy (non-hydrogen) atoms. The fraction of sp³-hybridized carbons (Fsp3) is 0.467. The van der Waals surface area contributed by atoms with Gasteiger partial charge < -0.3 is 5.32 Å². The normalized spacial score (nSPS) is 14.8. The molecule has 0 spiro atoms. The largest absolute Gasteiger partial charge is 0.314 e. The van der Waals surface area contributed by atoms with Crippen LogP contribution in [-0.2, 0) is 6.42 Å². The smallest absolute Gasteiger partial charge is 0.148 e. The van der Waals surface area contributed by atoms with Crippen molar-refractivity contribution in [2.45, 2.75) is 38.6 Å². The van der Waals surface area contributed by atoms with Gasteiger partial charge in [-0.05, 0) is 38.3 Å². The Kier molecular flexibility index (Phi) is 3.89. The van der Waals surface area contributed by atoms with E-state index in [2.05, 4.69) is 46.7 Å². The maximum atomic E-state index is 4.32.